The van der Waals surface area contributed by atoms with E-state index in [9.17, 15) is 9.59 Å². The first-order chi connectivity index (χ1) is 41.5. The van der Waals surface area contributed by atoms with Crippen LogP contribution in [0.15, 0.2) is 212 Å². The van der Waals surface area contributed by atoms with Gasteiger partial charge >= 0.3 is 6.09 Å². The molecule has 0 saturated carbocycles. The Labute approximate surface area is 497 Å². The van der Waals surface area contributed by atoms with Gasteiger partial charge in [-0.1, -0.05) is 245 Å². The van der Waals surface area contributed by atoms with E-state index in [2.05, 4.69) is 17.6 Å². The molecule has 13 nitrogen and oxygen atoms in total. The Bertz CT molecular complexity index is 2840. The van der Waals surface area contributed by atoms with E-state index in [0.29, 0.717) is 39.0 Å². The van der Waals surface area contributed by atoms with E-state index in [-0.39, 0.29) is 52.2 Å². The molecule has 7 aromatic rings. The third-order valence-corrected chi connectivity index (χ3v) is 14.7. The number of hydrogen-bond donors (Lipinski definition) is 2. The number of carbonyl (C=O) groups excluding carboxylic acids is 2. The van der Waals surface area contributed by atoms with E-state index in [1.165, 1.54) is 0 Å². The standard InChI is InChI=1S/C71H84N2O11/c1-2-63(77-47-56-32-16-8-17-33-56)66(78-48-57-34-18-9-19-35-57)62(73-65(74)44-28-5-3-4-6-29-45-72-71(75)83-52-61-42-26-13-27-43-61)53-82-70-69(81-51-60-40-24-12-25-41-60)68(80-50-59-38-22-11-23-39-59)67(79-49-58-36-20-10-21-37-58)64(84-70)54-76-46-55-30-14-7-15-31-55/h7-27,30-43,62-64,66-70H,2-6,28-29,44-54H2,1H3,(H,72,75)(H,73,74)/t62-,63+,64?,66-,67?,68?,69?,70?/m0/s1. The average molecular weight is 1140 g/mol. The van der Waals surface area contributed by atoms with E-state index in [1.807, 2.05) is 212 Å². The lowest BCUT2D eigenvalue weighted by molar-refractivity contribution is -0.330. The van der Waals surface area contributed by atoms with Crippen molar-refractivity contribution in [1.82, 2.24) is 10.6 Å². The zero-order valence-electron chi connectivity index (χ0n) is 48.5. The summed E-state index contributed by atoms with van der Waals surface area (Å²) >= 11 is 0. The lowest BCUT2D eigenvalue weighted by atomic mass is 9.97. The van der Waals surface area contributed by atoms with Crippen LogP contribution < -0.4 is 10.6 Å². The van der Waals surface area contributed by atoms with Gasteiger partial charge in [-0.15, -0.1) is 0 Å². The zero-order valence-corrected chi connectivity index (χ0v) is 48.5. The Balaban J connectivity index is 1.03. The molecule has 0 bridgehead atoms. The normalized spacial score (nSPS) is 17.8. The Morgan fingerprint density at radius 3 is 1.37 bits per heavy atom. The smallest absolute Gasteiger partial charge is 0.407 e. The Kier molecular flexibility index (Phi) is 27.5. The van der Waals surface area contributed by atoms with Crippen LogP contribution in [0.25, 0.3) is 0 Å². The number of amides is 2. The van der Waals surface area contributed by atoms with Crippen LogP contribution in [0.1, 0.15) is 97.2 Å². The molecule has 8 rings (SSSR count). The SMILES string of the molecule is CC[C@@H](OCc1ccccc1)[C@@H](OCc1ccccc1)[C@H](COC1OC(COCc2ccccc2)C(OCc2ccccc2)C(OCc2ccccc2)C1OCc1ccccc1)NC(=O)CCCCCCCCNC(=O)OCc1ccccc1. The van der Waals surface area contributed by atoms with Gasteiger partial charge in [0.15, 0.2) is 6.29 Å². The van der Waals surface area contributed by atoms with Crippen molar-refractivity contribution in [1.29, 1.82) is 0 Å². The van der Waals surface area contributed by atoms with Gasteiger partial charge < -0.3 is 53.3 Å². The van der Waals surface area contributed by atoms with Gasteiger partial charge in [-0.25, -0.2) is 4.79 Å². The molecule has 5 unspecified atom stereocenters. The molecule has 0 spiro atoms. The molecule has 2 amide bonds. The number of hydrogen-bond acceptors (Lipinski definition) is 11. The highest BCUT2D eigenvalue weighted by atomic mass is 16.7. The Hall–Kier alpha value is -7.04. The molecular formula is C71H84N2O11. The lowest BCUT2D eigenvalue weighted by Gasteiger charge is -2.46. The molecule has 8 atom stereocenters. The highest BCUT2D eigenvalue weighted by Crippen LogP contribution is 2.33. The molecule has 13 heteroatoms. The van der Waals surface area contributed by atoms with Gasteiger partial charge in [0.1, 0.15) is 37.1 Å². The van der Waals surface area contributed by atoms with Crippen molar-refractivity contribution >= 4 is 12.0 Å². The summed E-state index contributed by atoms with van der Waals surface area (Å²) in [6.07, 6.45) is 0.662. The minimum absolute atomic E-state index is 0.0291. The molecule has 1 heterocycles. The molecule has 1 saturated heterocycles. The van der Waals surface area contributed by atoms with Crippen LogP contribution in [0.3, 0.4) is 0 Å². The van der Waals surface area contributed by atoms with Crippen molar-refractivity contribution in [2.45, 2.75) is 153 Å². The first-order valence-corrected chi connectivity index (χ1v) is 29.9. The fraction of sp³-hybridized carbons (Fsp3) is 0.380. The van der Waals surface area contributed by atoms with Gasteiger partial charge in [0, 0.05) is 13.0 Å². The molecule has 0 radical (unpaired) electrons. The first kappa shape index (κ1) is 63.0. The molecule has 444 valence electrons. The van der Waals surface area contributed by atoms with E-state index >= 15 is 0 Å². The molecule has 0 aromatic heterocycles. The lowest BCUT2D eigenvalue weighted by Crippen LogP contribution is -2.62. The zero-order chi connectivity index (χ0) is 58.1. The maximum Gasteiger partial charge on any atom is 0.407 e. The second kappa shape index (κ2) is 36.6. The summed E-state index contributed by atoms with van der Waals surface area (Å²) in [5.41, 5.74) is 6.90. The molecule has 1 aliphatic rings. The van der Waals surface area contributed by atoms with E-state index in [4.69, 9.17) is 42.6 Å². The number of ether oxygens (including phenoxy) is 9. The molecule has 2 N–H and O–H groups in total. The van der Waals surface area contributed by atoms with Crippen LogP contribution in [0, 0.1) is 0 Å². The highest BCUT2D eigenvalue weighted by Gasteiger charge is 2.50. The number of nitrogens with one attached hydrogen (secondary N) is 2. The van der Waals surface area contributed by atoms with Crippen molar-refractivity contribution in [3.05, 3.63) is 251 Å². The van der Waals surface area contributed by atoms with Crippen molar-refractivity contribution in [2.75, 3.05) is 19.8 Å². The number of benzene rings is 7. The highest BCUT2D eigenvalue weighted by molar-refractivity contribution is 5.76. The number of unbranched alkanes of at least 4 members (excludes halogenated alkanes) is 5. The monoisotopic (exact) mass is 1140 g/mol. The molecule has 84 heavy (non-hydrogen) atoms. The van der Waals surface area contributed by atoms with E-state index < -0.39 is 55.0 Å². The molecule has 1 fully saturated rings. The quantitative estimate of drug-likeness (QED) is 0.0360. The van der Waals surface area contributed by atoms with Gasteiger partial charge in [-0.05, 0) is 58.2 Å². The Morgan fingerprint density at radius 2 is 0.869 bits per heavy atom. The van der Waals surface area contributed by atoms with Crippen LogP contribution in [-0.2, 0) is 93.7 Å². The fourth-order valence-electron chi connectivity index (χ4n) is 10.1. The van der Waals surface area contributed by atoms with Crippen LogP contribution >= 0.6 is 0 Å². The van der Waals surface area contributed by atoms with Crippen LogP contribution in [0.5, 0.6) is 0 Å². The minimum Gasteiger partial charge on any atom is -0.445 e. The van der Waals surface area contributed by atoms with Crippen molar-refractivity contribution in [3.8, 4) is 0 Å². The van der Waals surface area contributed by atoms with E-state index in [0.717, 1.165) is 71.0 Å². The van der Waals surface area contributed by atoms with E-state index in [1.54, 1.807) is 0 Å². The summed E-state index contributed by atoms with van der Waals surface area (Å²) < 4.78 is 60.9. The van der Waals surface area contributed by atoms with Gasteiger partial charge in [0.25, 0.3) is 0 Å². The maximum absolute atomic E-state index is 14.4. The summed E-state index contributed by atoms with van der Waals surface area (Å²) in [5.74, 6) is -0.125. The second-order valence-corrected chi connectivity index (χ2v) is 21.2. The maximum atomic E-state index is 14.4. The van der Waals surface area contributed by atoms with Gasteiger partial charge in [-0.2, -0.15) is 0 Å². The van der Waals surface area contributed by atoms with Crippen molar-refractivity contribution in [3.63, 3.8) is 0 Å². The summed E-state index contributed by atoms with van der Waals surface area (Å²) in [7, 11) is 0. The average Bonchev–Trinajstić information content (AvgIpc) is 3.40. The third-order valence-electron chi connectivity index (χ3n) is 14.7. The molecule has 0 aliphatic carbocycles. The van der Waals surface area contributed by atoms with Gasteiger partial charge in [0.05, 0.1) is 65.0 Å². The number of alkyl carbamates (subject to hydrolysis) is 1. The topological polar surface area (TPSA) is 141 Å². The van der Waals surface area contributed by atoms with Crippen LogP contribution in [0.4, 0.5) is 4.79 Å². The second-order valence-electron chi connectivity index (χ2n) is 21.2. The number of rotatable bonds is 37. The van der Waals surface area contributed by atoms with Crippen LogP contribution in [-0.4, -0.2) is 80.7 Å². The predicted octanol–water partition coefficient (Wildman–Crippen LogP) is 13.4. The number of carbonyl (C=O) groups is 2. The van der Waals surface area contributed by atoms with Gasteiger partial charge in [0.2, 0.25) is 5.91 Å². The molecular weight excluding hydrogens is 1060 g/mol. The van der Waals surface area contributed by atoms with Crippen molar-refractivity contribution < 1.29 is 52.2 Å². The summed E-state index contributed by atoms with van der Waals surface area (Å²) in [6, 6.07) is 69.2. The first-order valence-electron chi connectivity index (χ1n) is 29.9. The van der Waals surface area contributed by atoms with Crippen molar-refractivity contribution in [2.24, 2.45) is 0 Å². The fourth-order valence-corrected chi connectivity index (χ4v) is 10.1. The molecule has 1 aliphatic heterocycles. The summed E-state index contributed by atoms with van der Waals surface area (Å²) in [5, 5.41) is 6.26. The predicted molar refractivity (Wildman–Crippen MR) is 325 cm³/mol. The summed E-state index contributed by atoms with van der Waals surface area (Å²) in [6.45, 7) is 4.72. The van der Waals surface area contributed by atoms with Gasteiger partial charge in [-0.3, -0.25) is 4.79 Å². The minimum atomic E-state index is -1.04. The summed E-state index contributed by atoms with van der Waals surface area (Å²) in [4.78, 5) is 26.7. The molecule has 7 aromatic carbocycles. The largest absolute Gasteiger partial charge is 0.445 e. The third kappa shape index (κ3) is 22.2. The Morgan fingerprint density at radius 1 is 0.452 bits per heavy atom. The van der Waals surface area contributed by atoms with Crippen LogP contribution in [0.2, 0.25) is 0 Å².